The summed E-state index contributed by atoms with van der Waals surface area (Å²) in [5.74, 6) is -0.276. The molecule has 1 aromatic carbocycles. The smallest absolute Gasteiger partial charge is 0.321 e. The number of urea groups is 1. The van der Waals surface area contributed by atoms with Crippen LogP contribution in [0, 0.1) is 0 Å². The maximum Gasteiger partial charge on any atom is 0.321 e. The predicted octanol–water partition coefficient (Wildman–Crippen LogP) is 2.35. The molecular formula is C15H18N4O2S. The first-order valence-corrected chi connectivity index (χ1v) is 7.79. The van der Waals surface area contributed by atoms with E-state index in [4.69, 9.17) is 0 Å². The molecule has 0 fully saturated rings. The van der Waals surface area contributed by atoms with Crippen LogP contribution in [0.25, 0.3) is 10.8 Å². The number of thioether (sulfide) groups is 1. The van der Waals surface area contributed by atoms with Gasteiger partial charge in [0.2, 0.25) is 5.91 Å². The number of imide groups is 1. The minimum atomic E-state index is -0.498. The number of nitrogens with one attached hydrogen (secondary N) is 2. The molecule has 0 unspecified atom stereocenters. The van der Waals surface area contributed by atoms with Crippen LogP contribution in [-0.4, -0.2) is 33.4 Å². The van der Waals surface area contributed by atoms with Gasteiger partial charge in [-0.15, -0.1) is 5.10 Å². The highest BCUT2D eigenvalue weighted by molar-refractivity contribution is 8.00. The number of carbonyl (C=O) groups is 2. The van der Waals surface area contributed by atoms with E-state index in [1.165, 1.54) is 11.8 Å². The summed E-state index contributed by atoms with van der Waals surface area (Å²) in [5.41, 5.74) is -0.390. The number of rotatable bonds is 3. The van der Waals surface area contributed by atoms with Crippen LogP contribution in [-0.2, 0) is 4.79 Å². The fraction of sp³-hybridized carbons (Fsp3) is 0.333. The van der Waals surface area contributed by atoms with Gasteiger partial charge in [-0.2, -0.15) is 5.10 Å². The molecule has 116 valence electrons. The van der Waals surface area contributed by atoms with Gasteiger partial charge >= 0.3 is 6.03 Å². The van der Waals surface area contributed by atoms with Gasteiger partial charge in [0.1, 0.15) is 5.03 Å². The van der Waals surface area contributed by atoms with Gasteiger partial charge in [0, 0.05) is 16.3 Å². The molecule has 0 bridgehead atoms. The maximum atomic E-state index is 11.8. The van der Waals surface area contributed by atoms with Crippen molar-refractivity contribution in [3.05, 3.63) is 30.5 Å². The molecule has 0 aliphatic heterocycles. The Morgan fingerprint density at radius 1 is 1.23 bits per heavy atom. The molecule has 2 aromatic rings. The van der Waals surface area contributed by atoms with E-state index in [1.54, 1.807) is 6.20 Å². The number of aromatic nitrogens is 2. The first kappa shape index (κ1) is 16.2. The quantitative estimate of drug-likeness (QED) is 0.849. The van der Waals surface area contributed by atoms with Crippen molar-refractivity contribution in [2.45, 2.75) is 31.3 Å². The van der Waals surface area contributed by atoms with Gasteiger partial charge < -0.3 is 5.32 Å². The molecule has 2 rings (SSSR count). The Kier molecular flexibility index (Phi) is 4.97. The molecule has 1 heterocycles. The molecular weight excluding hydrogens is 300 g/mol. The fourth-order valence-corrected chi connectivity index (χ4v) is 2.56. The highest BCUT2D eigenvalue weighted by Gasteiger charge is 2.16. The van der Waals surface area contributed by atoms with Crippen LogP contribution in [0.15, 0.2) is 35.5 Å². The standard InChI is InChI=1S/C15H18N4O2S/c1-15(2,3)18-14(21)17-12(20)9-22-13-11-7-5-4-6-10(11)8-16-19-13/h4-8H,9H2,1-3H3,(H2,17,18,20,21). The average Bonchev–Trinajstić information content (AvgIpc) is 2.43. The van der Waals surface area contributed by atoms with Crippen molar-refractivity contribution in [3.8, 4) is 0 Å². The van der Waals surface area contributed by atoms with Crippen molar-refractivity contribution in [2.75, 3.05) is 5.75 Å². The van der Waals surface area contributed by atoms with Crippen LogP contribution >= 0.6 is 11.8 Å². The largest absolute Gasteiger partial charge is 0.333 e. The monoisotopic (exact) mass is 318 g/mol. The Morgan fingerprint density at radius 2 is 1.95 bits per heavy atom. The second-order valence-corrected chi connectivity index (χ2v) is 6.74. The number of carbonyl (C=O) groups excluding carboxylic acids is 2. The van der Waals surface area contributed by atoms with E-state index in [9.17, 15) is 9.59 Å². The first-order chi connectivity index (χ1) is 10.3. The molecule has 0 saturated carbocycles. The Morgan fingerprint density at radius 3 is 2.68 bits per heavy atom. The number of hydrogen-bond donors (Lipinski definition) is 2. The zero-order valence-corrected chi connectivity index (χ0v) is 13.5. The summed E-state index contributed by atoms with van der Waals surface area (Å²) in [5, 5.41) is 15.5. The molecule has 0 spiro atoms. The minimum absolute atomic E-state index is 0.0975. The van der Waals surface area contributed by atoms with Gasteiger partial charge in [-0.1, -0.05) is 36.0 Å². The third kappa shape index (κ3) is 4.70. The highest BCUT2D eigenvalue weighted by Crippen LogP contribution is 2.24. The zero-order valence-electron chi connectivity index (χ0n) is 12.7. The highest BCUT2D eigenvalue weighted by atomic mass is 32.2. The van der Waals surface area contributed by atoms with Crippen molar-refractivity contribution in [2.24, 2.45) is 0 Å². The second kappa shape index (κ2) is 6.74. The molecule has 0 aliphatic carbocycles. The lowest BCUT2D eigenvalue weighted by molar-refractivity contribution is -0.117. The van der Waals surface area contributed by atoms with Gasteiger partial charge in [0.25, 0.3) is 0 Å². The first-order valence-electron chi connectivity index (χ1n) is 6.80. The van der Waals surface area contributed by atoms with E-state index in [0.29, 0.717) is 5.03 Å². The van der Waals surface area contributed by atoms with E-state index in [2.05, 4.69) is 20.8 Å². The summed E-state index contributed by atoms with van der Waals surface area (Å²) < 4.78 is 0. The van der Waals surface area contributed by atoms with Crippen LogP contribution in [0.1, 0.15) is 20.8 Å². The van der Waals surface area contributed by atoms with Crippen LogP contribution < -0.4 is 10.6 Å². The average molecular weight is 318 g/mol. The summed E-state index contributed by atoms with van der Waals surface area (Å²) in [7, 11) is 0. The van der Waals surface area contributed by atoms with Crippen LogP contribution in [0.4, 0.5) is 4.79 Å². The summed E-state index contributed by atoms with van der Waals surface area (Å²) in [6.07, 6.45) is 1.68. The molecule has 6 nitrogen and oxygen atoms in total. The summed E-state index contributed by atoms with van der Waals surface area (Å²) in [6.45, 7) is 5.53. The Labute approximate surface area is 133 Å². The summed E-state index contributed by atoms with van der Waals surface area (Å²) in [4.78, 5) is 23.4. The lowest BCUT2D eigenvalue weighted by Gasteiger charge is -2.20. The van der Waals surface area contributed by atoms with Gasteiger partial charge in [0.15, 0.2) is 0 Å². The number of benzene rings is 1. The summed E-state index contributed by atoms with van der Waals surface area (Å²) >= 11 is 1.25. The van der Waals surface area contributed by atoms with E-state index >= 15 is 0 Å². The Hall–Kier alpha value is -2.15. The Bertz CT molecular complexity index is 692. The second-order valence-electron chi connectivity index (χ2n) is 5.78. The van der Waals surface area contributed by atoms with Crippen molar-refractivity contribution < 1.29 is 9.59 Å². The topological polar surface area (TPSA) is 84.0 Å². The predicted molar refractivity (Wildman–Crippen MR) is 86.7 cm³/mol. The van der Waals surface area contributed by atoms with Gasteiger partial charge in [0.05, 0.1) is 11.9 Å². The van der Waals surface area contributed by atoms with Gasteiger partial charge in [-0.3, -0.25) is 10.1 Å². The van der Waals surface area contributed by atoms with E-state index in [0.717, 1.165) is 10.8 Å². The molecule has 0 saturated heterocycles. The van der Waals surface area contributed by atoms with Crippen LogP contribution in [0.3, 0.4) is 0 Å². The molecule has 7 heteroatoms. The van der Waals surface area contributed by atoms with Crippen LogP contribution in [0.2, 0.25) is 0 Å². The lowest BCUT2D eigenvalue weighted by Crippen LogP contribution is -2.48. The molecule has 0 aliphatic rings. The van der Waals surface area contributed by atoms with Crippen molar-refractivity contribution in [3.63, 3.8) is 0 Å². The molecule has 0 atom stereocenters. The normalized spacial score (nSPS) is 11.2. The maximum absolute atomic E-state index is 11.8. The zero-order chi connectivity index (χ0) is 16.2. The van der Waals surface area contributed by atoms with Gasteiger partial charge in [-0.25, -0.2) is 4.79 Å². The third-order valence-corrected chi connectivity index (χ3v) is 3.60. The fourth-order valence-electron chi connectivity index (χ4n) is 1.78. The molecule has 3 amide bonds. The van der Waals surface area contributed by atoms with Gasteiger partial charge in [-0.05, 0) is 20.8 Å². The third-order valence-electron chi connectivity index (χ3n) is 2.62. The van der Waals surface area contributed by atoms with Crippen molar-refractivity contribution in [1.29, 1.82) is 0 Å². The van der Waals surface area contributed by atoms with Crippen LogP contribution in [0.5, 0.6) is 0 Å². The van der Waals surface area contributed by atoms with E-state index in [1.807, 2.05) is 45.0 Å². The SMILES string of the molecule is CC(C)(C)NC(=O)NC(=O)CSc1nncc2ccccc12. The van der Waals surface area contributed by atoms with Crippen molar-refractivity contribution in [1.82, 2.24) is 20.8 Å². The number of amides is 3. The molecule has 1 aromatic heterocycles. The molecule has 22 heavy (non-hydrogen) atoms. The minimum Gasteiger partial charge on any atom is -0.333 e. The van der Waals surface area contributed by atoms with E-state index in [-0.39, 0.29) is 11.7 Å². The number of nitrogens with zero attached hydrogens (tertiary/aromatic N) is 2. The number of fused-ring (bicyclic) bond motifs is 1. The Balaban J connectivity index is 1.95. The van der Waals surface area contributed by atoms with Crippen molar-refractivity contribution >= 4 is 34.5 Å². The molecule has 0 radical (unpaired) electrons. The van der Waals surface area contributed by atoms with E-state index < -0.39 is 11.6 Å². The number of hydrogen-bond acceptors (Lipinski definition) is 5. The molecule has 2 N–H and O–H groups in total. The summed E-state index contributed by atoms with van der Waals surface area (Å²) in [6, 6.07) is 7.19. The lowest BCUT2D eigenvalue weighted by atomic mass is 10.1.